The van der Waals surface area contributed by atoms with Crippen molar-refractivity contribution in [2.45, 2.75) is 44.2 Å². The zero-order valence-corrected chi connectivity index (χ0v) is 9.04. The van der Waals surface area contributed by atoms with Gasteiger partial charge in [0, 0.05) is 12.6 Å². The summed E-state index contributed by atoms with van der Waals surface area (Å²) in [6.07, 6.45) is 4.38. The lowest BCUT2D eigenvalue weighted by molar-refractivity contribution is -0.125. The Kier molecular flexibility index (Phi) is 3.59. The lowest BCUT2D eigenvalue weighted by Crippen LogP contribution is -2.43. The van der Waals surface area contributed by atoms with Gasteiger partial charge in [-0.1, -0.05) is 0 Å². The first-order valence-corrected chi connectivity index (χ1v) is 5.95. The van der Waals surface area contributed by atoms with Crippen LogP contribution < -0.4 is 10.6 Å². The molecule has 4 heteroatoms. The van der Waals surface area contributed by atoms with Gasteiger partial charge in [-0.05, 0) is 38.6 Å². The van der Waals surface area contributed by atoms with Crippen molar-refractivity contribution in [1.29, 1.82) is 0 Å². The molecule has 2 rings (SSSR count). The summed E-state index contributed by atoms with van der Waals surface area (Å²) in [7, 11) is 0. The van der Waals surface area contributed by atoms with Gasteiger partial charge in [0.25, 0.3) is 0 Å². The van der Waals surface area contributed by atoms with Gasteiger partial charge in [0.1, 0.15) is 0 Å². The van der Waals surface area contributed by atoms with Crippen LogP contribution in [0.25, 0.3) is 0 Å². The van der Waals surface area contributed by atoms with E-state index in [2.05, 4.69) is 10.6 Å². The van der Waals surface area contributed by atoms with Gasteiger partial charge in [-0.2, -0.15) is 0 Å². The van der Waals surface area contributed by atoms with Crippen LogP contribution in [0, 0.1) is 5.92 Å². The predicted molar refractivity (Wildman–Crippen MR) is 57.4 cm³/mol. The number of hydrogen-bond acceptors (Lipinski definition) is 3. The molecule has 1 saturated heterocycles. The topological polar surface area (TPSA) is 61.4 Å². The molecule has 3 atom stereocenters. The highest BCUT2D eigenvalue weighted by molar-refractivity contribution is 5.79. The van der Waals surface area contributed by atoms with E-state index in [9.17, 15) is 9.90 Å². The fourth-order valence-electron chi connectivity index (χ4n) is 2.49. The van der Waals surface area contributed by atoms with Gasteiger partial charge in [-0.15, -0.1) is 0 Å². The average molecular weight is 212 g/mol. The lowest BCUT2D eigenvalue weighted by Gasteiger charge is -2.27. The highest BCUT2D eigenvalue weighted by Gasteiger charge is 2.26. The minimum absolute atomic E-state index is 0.143. The van der Waals surface area contributed by atoms with Crippen LogP contribution in [0.4, 0.5) is 0 Å². The summed E-state index contributed by atoms with van der Waals surface area (Å²) in [6.45, 7) is 1.76. The molecule has 0 aromatic rings. The van der Waals surface area contributed by atoms with Gasteiger partial charge in [0.15, 0.2) is 0 Å². The Hall–Kier alpha value is -0.610. The second-order valence-electron chi connectivity index (χ2n) is 4.72. The Balaban J connectivity index is 1.77. The third-order valence-corrected chi connectivity index (χ3v) is 3.42. The van der Waals surface area contributed by atoms with Crippen LogP contribution in [0.15, 0.2) is 0 Å². The van der Waals surface area contributed by atoms with E-state index >= 15 is 0 Å². The van der Waals surface area contributed by atoms with Crippen molar-refractivity contribution in [3.05, 3.63) is 0 Å². The van der Waals surface area contributed by atoms with Crippen LogP contribution in [0.1, 0.15) is 32.1 Å². The largest absolute Gasteiger partial charge is 0.393 e. The number of aliphatic hydroxyl groups is 1. The Morgan fingerprint density at radius 1 is 1.33 bits per heavy atom. The maximum Gasteiger partial charge on any atom is 0.224 e. The van der Waals surface area contributed by atoms with Crippen LogP contribution in [-0.2, 0) is 4.79 Å². The van der Waals surface area contributed by atoms with Crippen LogP contribution in [0.5, 0.6) is 0 Å². The van der Waals surface area contributed by atoms with Crippen LogP contribution in [-0.4, -0.2) is 36.2 Å². The molecule has 0 unspecified atom stereocenters. The first kappa shape index (κ1) is 10.9. The summed E-state index contributed by atoms with van der Waals surface area (Å²) < 4.78 is 0. The van der Waals surface area contributed by atoms with E-state index in [1.54, 1.807) is 0 Å². The highest BCUT2D eigenvalue weighted by Crippen LogP contribution is 2.19. The van der Waals surface area contributed by atoms with Gasteiger partial charge < -0.3 is 15.7 Å². The van der Waals surface area contributed by atoms with Gasteiger partial charge in [0.05, 0.1) is 12.0 Å². The summed E-state index contributed by atoms with van der Waals surface area (Å²) in [5.41, 5.74) is 0. The molecule has 1 saturated carbocycles. The van der Waals surface area contributed by atoms with E-state index in [1.807, 2.05) is 0 Å². The number of carbonyl (C=O) groups excluding carboxylic acids is 1. The molecule has 0 aromatic heterocycles. The molecule has 0 aromatic carbocycles. The molecular weight excluding hydrogens is 192 g/mol. The molecule has 0 bridgehead atoms. The van der Waals surface area contributed by atoms with Crippen molar-refractivity contribution in [3.8, 4) is 0 Å². The SMILES string of the molecule is O=C(N[C@@H]1CCC[C@@H](O)C1)[C@H]1CCNC1. The van der Waals surface area contributed by atoms with Crippen molar-refractivity contribution >= 4 is 5.91 Å². The maximum absolute atomic E-state index is 11.8. The Morgan fingerprint density at radius 2 is 2.20 bits per heavy atom. The van der Waals surface area contributed by atoms with E-state index in [0.29, 0.717) is 0 Å². The normalized spacial score (nSPS) is 36.5. The second-order valence-corrected chi connectivity index (χ2v) is 4.72. The number of rotatable bonds is 2. The Labute approximate surface area is 90.4 Å². The van der Waals surface area contributed by atoms with Crippen molar-refractivity contribution < 1.29 is 9.90 Å². The summed E-state index contributed by atoms with van der Waals surface area (Å²) in [5, 5.41) is 15.7. The van der Waals surface area contributed by atoms with E-state index in [0.717, 1.165) is 45.2 Å². The molecule has 2 fully saturated rings. The molecule has 0 radical (unpaired) electrons. The van der Waals surface area contributed by atoms with Gasteiger partial charge in [0.2, 0.25) is 5.91 Å². The fraction of sp³-hybridized carbons (Fsp3) is 0.909. The van der Waals surface area contributed by atoms with E-state index < -0.39 is 0 Å². The summed E-state index contributed by atoms with van der Waals surface area (Å²) in [6, 6.07) is 0.196. The van der Waals surface area contributed by atoms with Crippen LogP contribution >= 0.6 is 0 Å². The highest BCUT2D eigenvalue weighted by atomic mass is 16.3. The van der Waals surface area contributed by atoms with Crippen molar-refractivity contribution in [1.82, 2.24) is 10.6 Å². The number of hydrogen-bond donors (Lipinski definition) is 3. The third-order valence-electron chi connectivity index (χ3n) is 3.42. The standard InChI is InChI=1S/C11H20N2O2/c14-10-3-1-2-9(6-10)13-11(15)8-4-5-12-7-8/h8-10,12,14H,1-7H2,(H,13,15)/t8-,9+,10+/m0/s1. The fourth-order valence-corrected chi connectivity index (χ4v) is 2.49. The number of nitrogens with one attached hydrogen (secondary N) is 2. The zero-order valence-electron chi connectivity index (χ0n) is 9.04. The Bertz CT molecular complexity index is 227. The molecule has 1 heterocycles. The number of carbonyl (C=O) groups is 1. The Morgan fingerprint density at radius 3 is 2.87 bits per heavy atom. The number of aliphatic hydroxyl groups excluding tert-OH is 1. The third kappa shape index (κ3) is 2.92. The minimum Gasteiger partial charge on any atom is -0.393 e. The number of amides is 1. The predicted octanol–water partition coefficient (Wildman–Crippen LogP) is 0.0156. The first-order valence-electron chi connectivity index (χ1n) is 5.95. The molecule has 3 N–H and O–H groups in total. The average Bonchev–Trinajstić information content (AvgIpc) is 2.70. The molecule has 15 heavy (non-hydrogen) atoms. The van der Waals surface area contributed by atoms with Crippen molar-refractivity contribution in [2.75, 3.05) is 13.1 Å². The minimum atomic E-state index is -0.217. The summed E-state index contributed by atoms with van der Waals surface area (Å²) in [5.74, 6) is 0.308. The molecule has 1 amide bonds. The molecular formula is C11H20N2O2. The molecule has 0 spiro atoms. The molecule has 1 aliphatic heterocycles. The van der Waals surface area contributed by atoms with Crippen LogP contribution in [0.2, 0.25) is 0 Å². The second kappa shape index (κ2) is 4.94. The maximum atomic E-state index is 11.8. The summed E-state index contributed by atoms with van der Waals surface area (Å²) in [4.78, 5) is 11.8. The quantitative estimate of drug-likeness (QED) is 0.604. The lowest BCUT2D eigenvalue weighted by atomic mass is 9.92. The molecule has 4 nitrogen and oxygen atoms in total. The molecule has 1 aliphatic carbocycles. The molecule has 86 valence electrons. The monoisotopic (exact) mass is 212 g/mol. The van der Waals surface area contributed by atoms with Crippen molar-refractivity contribution in [2.24, 2.45) is 5.92 Å². The first-order chi connectivity index (χ1) is 7.25. The van der Waals surface area contributed by atoms with Gasteiger partial charge in [-0.25, -0.2) is 0 Å². The zero-order chi connectivity index (χ0) is 10.7. The van der Waals surface area contributed by atoms with E-state index in [-0.39, 0.29) is 24.0 Å². The smallest absolute Gasteiger partial charge is 0.224 e. The van der Waals surface area contributed by atoms with Gasteiger partial charge >= 0.3 is 0 Å². The van der Waals surface area contributed by atoms with E-state index in [4.69, 9.17) is 0 Å². The van der Waals surface area contributed by atoms with E-state index in [1.165, 1.54) is 0 Å². The van der Waals surface area contributed by atoms with Crippen LogP contribution in [0.3, 0.4) is 0 Å². The van der Waals surface area contributed by atoms with Gasteiger partial charge in [-0.3, -0.25) is 4.79 Å². The van der Waals surface area contributed by atoms with Crippen molar-refractivity contribution in [3.63, 3.8) is 0 Å². The summed E-state index contributed by atoms with van der Waals surface area (Å²) >= 11 is 0. The molecule has 2 aliphatic rings.